The number of aromatic amines is 1. The van der Waals surface area contributed by atoms with Gasteiger partial charge in [0.25, 0.3) is 5.56 Å². The molecule has 148 valence electrons. The average Bonchev–Trinajstić information content (AvgIpc) is 2.72. The first-order valence-electron chi connectivity index (χ1n) is 8.87. The van der Waals surface area contributed by atoms with Gasteiger partial charge in [0.15, 0.2) is 5.78 Å². The van der Waals surface area contributed by atoms with Crippen molar-refractivity contribution in [3.63, 3.8) is 0 Å². The fourth-order valence-corrected chi connectivity index (χ4v) is 3.36. The molecule has 0 saturated carbocycles. The van der Waals surface area contributed by atoms with Gasteiger partial charge >= 0.3 is 0 Å². The maximum Gasteiger partial charge on any atom is 0.260 e. The van der Waals surface area contributed by atoms with Gasteiger partial charge in [-0.3, -0.25) is 14.6 Å². The van der Waals surface area contributed by atoms with E-state index in [4.69, 9.17) is 11.6 Å². The Bertz CT molecular complexity index is 1360. The summed E-state index contributed by atoms with van der Waals surface area (Å²) in [4.78, 5) is 32.2. The van der Waals surface area contributed by atoms with Crippen molar-refractivity contribution in [2.24, 2.45) is 0 Å². The first kappa shape index (κ1) is 19.7. The lowest BCUT2D eigenvalue weighted by Crippen LogP contribution is -2.18. The van der Waals surface area contributed by atoms with Crippen LogP contribution in [0.25, 0.3) is 28.1 Å². The maximum absolute atomic E-state index is 13.5. The summed E-state index contributed by atoms with van der Waals surface area (Å²) in [6.07, 6.45) is 4.97. The zero-order valence-corrected chi connectivity index (χ0v) is 16.1. The van der Waals surface area contributed by atoms with Gasteiger partial charge in [-0.1, -0.05) is 23.7 Å². The molecule has 0 aliphatic carbocycles. The Labute approximate surface area is 174 Å². The monoisotopic (exact) mass is 422 g/mol. The minimum absolute atomic E-state index is 0.128. The number of hydrogen-bond acceptors (Lipinski definition) is 3. The Morgan fingerprint density at radius 1 is 1.00 bits per heavy atom. The van der Waals surface area contributed by atoms with E-state index in [-0.39, 0.29) is 5.56 Å². The summed E-state index contributed by atoms with van der Waals surface area (Å²) in [5.41, 5.74) is 0.945. The summed E-state index contributed by atoms with van der Waals surface area (Å²) >= 11 is 6.14. The average molecular weight is 423 g/mol. The Kier molecular flexibility index (Phi) is 5.25. The van der Waals surface area contributed by atoms with Gasteiger partial charge in [-0.25, -0.2) is 8.78 Å². The third kappa shape index (κ3) is 3.90. The SMILES string of the molecule is O=C(/C=C/c1cncc(F)c1)c1c(-c2ccc(F)cc2)c2cc(Cl)ccc2[nH]c1=O. The Hall–Kier alpha value is -3.64. The summed E-state index contributed by atoms with van der Waals surface area (Å²) in [6.45, 7) is 0. The molecule has 4 rings (SSSR count). The van der Waals surface area contributed by atoms with E-state index < -0.39 is 23.0 Å². The minimum atomic E-state index is -0.601. The second kappa shape index (κ2) is 8.00. The number of ketones is 1. The van der Waals surface area contributed by atoms with Crippen LogP contribution in [-0.2, 0) is 0 Å². The van der Waals surface area contributed by atoms with E-state index in [1.807, 2.05) is 0 Å². The lowest BCUT2D eigenvalue weighted by atomic mass is 9.94. The molecule has 30 heavy (non-hydrogen) atoms. The van der Waals surface area contributed by atoms with Gasteiger partial charge in [0, 0.05) is 27.7 Å². The number of pyridine rings is 2. The number of carbonyl (C=O) groups is 1. The summed E-state index contributed by atoms with van der Waals surface area (Å²) in [5, 5.41) is 0.954. The second-order valence-corrected chi connectivity index (χ2v) is 6.97. The third-order valence-corrected chi connectivity index (χ3v) is 4.74. The van der Waals surface area contributed by atoms with Crippen LogP contribution in [0.5, 0.6) is 0 Å². The predicted octanol–water partition coefficient (Wildman–Crippen LogP) is 5.42. The molecule has 1 N–H and O–H groups in total. The van der Waals surface area contributed by atoms with Crippen LogP contribution in [0.1, 0.15) is 15.9 Å². The van der Waals surface area contributed by atoms with Crippen molar-refractivity contribution in [3.05, 3.63) is 105 Å². The van der Waals surface area contributed by atoms with Crippen molar-refractivity contribution in [2.75, 3.05) is 0 Å². The molecule has 0 radical (unpaired) electrons. The number of halogens is 3. The lowest BCUT2D eigenvalue weighted by molar-refractivity contribution is 0.104. The maximum atomic E-state index is 13.5. The number of nitrogens with one attached hydrogen (secondary N) is 1. The van der Waals surface area contributed by atoms with E-state index in [2.05, 4.69) is 9.97 Å². The van der Waals surface area contributed by atoms with E-state index >= 15 is 0 Å². The highest BCUT2D eigenvalue weighted by Gasteiger charge is 2.19. The normalized spacial score (nSPS) is 11.3. The van der Waals surface area contributed by atoms with Crippen molar-refractivity contribution in [1.82, 2.24) is 9.97 Å². The van der Waals surface area contributed by atoms with Gasteiger partial charge in [-0.2, -0.15) is 0 Å². The molecule has 0 atom stereocenters. The molecule has 0 aliphatic rings. The Morgan fingerprint density at radius 2 is 1.77 bits per heavy atom. The van der Waals surface area contributed by atoms with Gasteiger partial charge in [-0.05, 0) is 59.7 Å². The molecule has 4 aromatic rings. The molecular weight excluding hydrogens is 410 g/mol. The highest BCUT2D eigenvalue weighted by molar-refractivity contribution is 6.31. The van der Waals surface area contributed by atoms with E-state index in [0.29, 0.717) is 32.6 Å². The van der Waals surface area contributed by atoms with Crippen molar-refractivity contribution in [2.45, 2.75) is 0 Å². The Morgan fingerprint density at radius 3 is 2.50 bits per heavy atom. The van der Waals surface area contributed by atoms with Crippen LogP contribution in [0.4, 0.5) is 8.78 Å². The van der Waals surface area contributed by atoms with Crippen LogP contribution in [-0.4, -0.2) is 15.8 Å². The van der Waals surface area contributed by atoms with Crippen LogP contribution in [0.15, 0.2) is 71.8 Å². The van der Waals surface area contributed by atoms with E-state index in [1.54, 1.807) is 18.2 Å². The fraction of sp³-hybridized carbons (Fsp3) is 0. The third-order valence-electron chi connectivity index (χ3n) is 4.51. The van der Waals surface area contributed by atoms with Crippen LogP contribution in [0.3, 0.4) is 0 Å². The van der Waals surface area contributed by atoms with Gasteiger partial charge in [0.2, 0.25) is 0 Å². The van der Waals surface area contributed by atoms with Crippen LogP contribution < -0.4 is 5.56 Å². The lowest BCUT2D eigenvalue weighted by Gasteiger charge is -2.12. The molecule has 0 saturated heterocycles. The molecule has 2 aromatic carbocycles. The summed E-state index contributed by atoms with van der Waals surface area (Å²) < 4.78 is 26.8. The molecule has 0 fully saturated rings. The highest BCUT2D eigenvalue weighted by Crippen LogP contribution is 2.32. The zero-order chi connectivity index (χ0) is 21.3. The molecule has 4 nitrogen and oxygen atoms in total. The van der Waals surface area contributed by atoms with Crippen molar-refractivity contribution in [1.29, 1.82) is 0 Å². The number of benzene rings is 2. The molecule has 0 bridgehead atoms. The van der Waals surface area contributed by atoms with Gasteiger partial charge in [0.1, 0.15) is 11.6 Å². The number of aromatic nitrogens is 2. The first-order chi connectivity index (χ1) is 14.4. The highest BCUT2D eigenvalue weighted by atomic mass is 35.5. The first-order valence-corrected chi connectivity index (χ1v) is 9.24. The topological polar surface area (TPSA) is 62.8 Å². The van der Waals surface area contributed by atoms with Gasteiger partial charge < -0.3 is 4.98 Å². The van der Waals surface area contributed by atoms with Gasteiger partial charge in [-0.15, -0.1) is 0 Å². The summed E-state index contributed by atoms with van der Waals surface area (Å²) in [6, 6.07) is 11.6. The molecule has 0 unspecified atom stereocenters. The zero-order valence-electron chi connectivity index (χ0n) is 15.3. The summed E-state index contributed by atoms with van der Waals surface area (Å²) in [5.74, 6) is -1.59. The molecule has 2 aromatic heterocycles. The number of hydrogen-bond donors (Lipinski definition) is 1. The number of nitrogens with zero attached hydrogens (tertiary/aromatic N) is 1. The number of allylic oxidation sites excluding steroid dienone is 1. The molecule has 0 amide bonds. The van der Waals surface area contributed by atoms with Crippen LogP contribution in [0.2, 0.25) is 5.02 Å². The molecule has 0 spiro atoms. The molecule has 2 heterocycles. The Balaban J connectivity index is 1.93. The predicted molar refractivity (Wildman–Crippen MR) is 113 cm³/mol. The fourth-order valence-electron chi connectivity index (χ4n) is 3.19. The van der Waals surface area contributed by atoms with Crippen LogP contribution in [0, 0.1) is 11.6 Å². The van der Waals surface area contributed by atoms with Crippen molar-refractivity contribution in [3.8, 4) is 11.1 Å². The molecular formula is C23H13ClF2N2O2. The van der Waals surface area contributed by atoms with E-state index in [0.717, 1.165) is 6.20 Å². The quantitative estimate of drug-likeness (QED) is 0.353. The standard InChI is InChI=1S/C23H13ClF2N2O2/c24-15-4-7-19-18(10-15)21(14-2-5-16(25)6-3-14)22(23(30)28-19)20(29)8-1-13-9-17(26)12-27-11-13/h1-12H,(H,28,30)/b8-1+. The minimum Gasteiger partial charge on any atom is -0.321 e. The second-order valence-electron chi connectivity index (χ2n) is 6.53. The smallest absolute Gasteiger partial charge is 0.260 e. The van der Waals surface area contributed by atoms with Crippen molar-refractivity contribution >= 4 is 34.4 Å². The number of rotatable bonds is 4. The van der Waals surface area contributed by atoms with Gasteiger partial charge in [0.05, 0.1) is 11.8 Å². The van der Waals surface area contributed by atoms with E-state index in [1.165, 1.54) is 48.7 Å². The molecule has 7 heteroatoms. The number of H-pyrrole nitrogens is 1. The number of fused-ring (bicyclic) bond motifs is 1. The van der Waals surface area contributed by atoms with E-state index in [9.17, 15) is 18.4 Å². The van der Waals surface area contributed by atoms with Crippen molar-refractivity contribution < 1.29 is 13.6 Å². The largest absolute Gasteiger partial charge is 0.321 e. The summed E-state index contributed by atoms with van der Waals surface area (Å²) in [7, 11) is 0. The molecule has 0 aliphatic heterocycles. The van der Waals surface area contributed by atoms with Crippen LogP contribution >= 0.6 is 11.6 Å². The number of carbonyl (C=O) groups excluding carboxylic acids is 1.